The molecule has 0 bridgehead atoms. The molecule has 0 saturated carbocycles. The van der Waals surface area contributed by atoms with E-state index in [0.29, 0.717) is 5.92 Å². The molecule has 0 aliphatic rings. The van der Waals surface area contributed by atoms with E-state index < -0.39 is 0 Å². The number of hydrogen-bond donors (Lipinski definition) is 2. The second-order valence-electron chi connectivity index (χ2n) is 4.19. The highest BCUT2D eigenvalue weighted by Gasteiger charge is 2.20. The molecule has 72 valence electrons. The molecule has 0 atom stereocenters. The minimum Gasteiger partial charge on any atom is -0.341 e. The van der Waals surface area contributed by atoms with Crippen LogP contribution in [0.2, 0.25) is 0 Å². The van der Waals surface area contributed by atoms with E-state index in [9.17, 15) is 4.79 Å². The third-order valence-electron chi connectivity index (χ3n) is 1.60. The van der Waals surface area contributed by atoms with Crippen molar-refractivity contribution in [1.29, 1.82) is 0 Å². The van der Waals surface area contributed by atoms with Gasteiger partial charge in [0.1, 0.15) is 0 Å². The summed E-state index contributed by atoms with van der Waals surface area (Å²) in [6, 6.07) is -0.111. The van der Waals surface area contributed by atoms with E-state index in [2.05, 4.69) is 24.5 Å². The van der Waals surface area contributed by atoms with Crippen LogP contribution in [0.5, 0.6) is 0 Å². The molecule has 0 spiro atoms. The average molecular weight is 172 g/mol. The second kappa shape index (κ2) is 4.33. The summed E-state index contributed by atoms with van der Waals surface area (Å²) in [5, 5.41) is 5.43. The summed E-state index contributed by atoms with van der Waals surface area (Å²) < 4.78 is 0. The molecule has 0 heterocycles. The van der Waals surface area contributed by atoms with Crippen LogP contribution in [0.1, 0.15) is 34.1 Å². The van der Waals surface area contributed by atoms with E-state index in [0.717, 1.165) is 6.42 Å². The van der Waals surface area contributed by atoms with Crippen LogP contribution in [0.15, 0.2) is 0 Å². The van der Waals surface area contributed by atoms with Crippen molar-refractivity contribution >= 4 is 6.03 Å². The topological polar surface area (TPSA) is 41.1 Å². The third-order valence-corrected chi connectivity index (χ3v) is 1.60. The molecule has 0 aliphatic heterocycles. The van der Waals surface area contributed by atoms with E-state index in [4.69, 9.17) is 0 Å². The minimum absolute atomic E-state index is 0.111. The molecule has 0 fully saturated rings. The molecule has 0 aromatic heterocycles. The fourth-order valence-electron chi connectivity index (χ4n) is 1.44. The van der Waals surface area contributed by atoms with Crippen molar-refractivity contribution < 1.29 is 4.79 Å². The van der Waals surface area contributed by atoms with Gasteiger partial charge in [0.25, 0.3) is 0 Å². The molecular formula is C9H20N2O. The van der Waals surface area contributed by atoms with Crippen LogP contribution in [-0.4, -0.2) is 18.6 Å². The summed E-state index contributed by atoms with van der Waals surface area (Å²) in [6.07, 6.45) is 0.987. The maximum absolute atomic E-state index is 11.0. The van der Waals surface area contributed by atoms with Gasteiger partial charge in [-0.3, -0.25) is 0 Å². The first-order valence-electron chi connectivity index (χ1n) is 4.37. The molecule has 0 unspecified atom stereocenters. The fourth-order valence-corrected chi connectivity index (χ4v) is 1.44. The van der Waals surface area contributed by atoms with Crippen molar-refractivity contribution in [1.82, 2.24) is 10.6 Å². The van der Waals surface area contributed by atoms with Gasteiger partial charge in [0, 0.05) is 12.6 Å². The molecule has 12 heavy (non-hydrogen) atoms. The Kier molecular flexibility index (Phi) is 4.07. The Morgan fingerprint density at radius 2 is 1.92 bits per heavy atom. The Balaban J connectivity index is 3.94. The predicted molar refractivity (Wildman–Crippen MR) is 51.1 cm³/mol. The number of nitrogens with one attached hydrogen (secondary N) is 2. The van der Waals surface area contributed by atoms with E-state index in [1.807, 2.05) is 13.8 Å². The maximum Gasteiger partial charge on any atom is 0.314 e. The number of urea groups is 1. The van der Waals surface area contributed by atoms with Gasteiger partial charge in [-0.05, 0) is 26.2 Å². The van der Waals surface area contributed by atoms with Gasteiger partial charge in [0.05, 0.1) is 0 Å². The van der Waals surface area contributed by atoms with E-state index >= 15 is 0 Å². The Morgan fingerprint density at radius 1 is 1.42 bits per heavy atom. The zero-order valence-electron chi connectivity index (χ0n) is 8.69. The lowest BCUT2D eigenvalue weighted by molar-refractivity contribution is 0.226. The Morgan fingerprint density at radius 3 is 2.25 bits per heavy atom. The number of hydrogen-bond acceptors (Lipinski definition) is 1. The lowest BCUT2D eigenvalue weighted by Crippen LogP contribution is -2.48. The molecule has 3 nitrogen and oxygen atoms in total. The normalized spacial score (nSPS) is 11.5. The summed E-state index contributed by atoms with van der Waals surface area (Å²) in [7, 11) is 1.63. The van der Waals surface area contributed by atoms with Gasteiger partial charge in [-0.1, -0.05) is 13.8 Å². The van der Waals surface area contributed by atoms with E-state index in [1.54, 1.807) is 7.05 Å². The third kappa shape index (κ3) is 4.99. The molecule has 0 aromatic rings. The first kappa shape index (κ1) is 11.3. The van der Waals surface area contributed by atoms with E-state index in [-0.39, 0.29) is 11.6 Å². The van der Waals surface area contributed by atoms with Gasteiger partial charge >= 0.3 is 6.03 Å². The van der Waals surface area contributed by atoms with Crippen LogP contribution in [0.3, 0.4) is 0 Å². The van der Waals surface area contributed by atoms with E-state index in [1.165, 1.54) is 0 Å². The molecule has 0 saturated heterocycles. The standard InChI is InChI=1S/C9H20N2O/c1-7(2)6-9(3,4)11-8(12)10-5/h7H,6H2,1-5H3,(H2,10,11,12). The van der Waals surface area contributed by atoms with Crippen molar-refractivity contribution in [2.24, 2.45) is 5.92 Å². The average Bonchev–Trinajstić information content (AvgIpc) is 1.83. The van der Waals surface area contributed by atoms with Crippen molar-refractivity contribution in [3.63, 3.8) is 0 Å². The SMILES string of the molecule is CNC(=O)NC(C)(C)CC(C)C. The first-order chi connectivity index (χ1) is 5.37. The van der Waals surface area contributed by atoms with Gasteiger partial charge in [-0.2, -0.15) is 0 Å². The van der Waals surface area contributed by atoms with Crippen molar-refractivity contribution in [3.05, 3.63) is 0 Å². The molecule has 2 amide bonds. The van der Waals surface area contributed by atoms with Gasteiger partial charge in [0.2, 0.25) is 0 Å². The van der Waals surface area contributed by atoms with Crippen molar-refractivity contribution in [2.75, 3.05) is 7.05 Å². The Hall–Kier alpha value is -0.730. The molecule has 0 radical (unpaired) electrons. The molecule has 0 aliphatic carbocycles. The molecule has 2 N–H and O–H groups in total. The second-order valence-corrected chi connectivity index (χ2v) is 4.19. The van der Waals surface area contributed by atoms with Crippen LogP contribution < -0.4 is 10.6 Å². The van der Waals surface area contributed by atoms with Gasteiger partial charge < -0.3 is 10.6 Å². The summed E-state index contributed by atoms with van der Waals surface area (Å²) >= 11 is 0. The fraction of sp³-hybridized carbons (Fsp3) is 0.889. The highest BCUT2D eigenvalue weighted by molar-refractivity contribution is 5.74. The van der Waals surface area contributed by atoms with Crippen LogP contribution in [0.25, 0.3) is 0 Å². The van der Waals surface area contributed by atoms with Gasteiger partial charge in [-0.25, -0.2) is 4.79 Å². The van der Waals surface area contributed by atoms with Crippen LogP contribution in [0.4, 0.5) is 4.79 Å². The molecule has 0 rings (SSSR count). The molecular weight excluding hydrogens is 152 g/mol. The number of amides is 2. The Bertz CT molecular complexity index is 153. The van der Waals surface area contributed by atoms with Crippen LogP contribution in [0, 0.1) is 5.92 Å². The number of carbonyl (C=O) groups is 1. The minimum atomic E-state index is -0.117. The monoisotopic (exact) mass is 172 g/mol. The summed E-state index contributed by atoms with van der Waals surface area (Å²) in [5.74, 6) is 0.595. The first-order valence-corrected chi connectivity index (χ1v) is 4.37. The lowest BCUT2D eigenvalue weighted by Gasteiger charge is -2.27. The van der Waals surface area contributed by atoms with Crippen LogP contribution >= 0.6 is 0 Å². The van der Waals surface area contributed by atoms with Gasteiger partial charge in [-0.15, -0.1) is 0 Å². The highest BCUT2D eigenvalue weighted by Crippen LogP contribution is 2.14. The largest absolute Gasteiger partial charge is 0.341 e. The summed E-state index contributed by atoms with van der Waals surface area (Å²) in [5.41, 5.74) is -0.117. The maximum atomic E-state index is 11.0. The van der Waals surface area contributed by atoms with Crippen molar-refractivity contribution in [3.8, 4) is 0 Å². The zero-order chi connectivity index (χ0) is 9.78. The Labute approximate surface area is 74.9 Å². The number of rotatable bonds is 3. The number of carbonyl (C=O) groups excluding carboxylic acids is 1. The van der Waals surface area contributed by atoms with Gasteiger partial charge in [0.15, 0.2) is 0 Å². The molecule has 0 aromatic carbocycles. The smallest absolute Gasteiger partial charge is 0.314 e. The summed E-state index contributed by atoms with van der Waals surface area (Å²) in [6.45, 7) is 8.35. The zero-order valence-corrected chi connectivity index (χ0v) is 8.69. The highest BCUT2D eigenvalue weighted by atomic mass is 16.2. The van der Waals surface area contributed by atoms with Crippen molar-refractivity contribution in [2.45, 2.75) is 39.7 Å². The summed E-state index contributed by atoms with van der Waals surface area (Å²) in [4.78, 5) is 11.0. The van der Waals surface area contributed by atoms with Crippen LogP contribution in [-0.2, 0) is 0 Å². The lowest BCUT2D eigenvalue weighted by atomic mass is 9.93. The molecule has 3 heteroatoms. The predicted octanol–water partition coefficient (Wildman–Crippen LogP) is 1.74. The quantitative estimate of drug-likeness (QED) is 0.669.